The number of rotatable bonds is 5. The fourth-order valence-electron chi connectivity index (χ4n) is 4.04. The lowest BCUT2D eigenvalue weighted by Crippen LogP contribution is -2.48. The Balaban J connectivity index is 0.00000133. The van der Waals surface area contributed by atoms with Crippen molar-refractivity contribution in [3.05, 3.63) is 0 Å². The first-order valence-electron chi connectivity index (χ1n) is 7.70. The maximum atomic E-state index is 12.1. The van der Waals surface area contributed by atoms with Crippen molar-refractivity contribution in [1.82, 2.24) is 10.6 Å². The summed E-state index contributed by atoms with van der Waals surface area (Å²) in [4.78, 5) is 12.1. The number of fused-ring (bicyclic) bond motifs is 2. The Morgan fingerprint density at radius 3 is 2.37 bits per heavy atom. The SMILES string of the molecule is CC(NC1CC1)C(=O)NC(C)C1CC2CCC1C2.Cl. The smallest absolute Gasteiger partial charge is 0.237 e. The Morgan fingerprint density at radius 2 is 1.84 bits per heavy atom. The van der Waals surface area contributed by atoms with Crippen molar-refractivity contribution < 1.29 is 4.79 Å². The van der Waals surface area contributed by atoms with Gasteiger partial charge in [0.1, 0.15) is 0 Å². The number of nitrogens with one attached hydrogen (secondary N) is 2. The molecular formula is C15H27ClN2O. The number of hydrogen-bond acceptors (Lipinski definition) is 2. The molecule has 3 rings (SSSR count). The van der Waals surface area contributed by atoms with E-state index in [-0.39, 0.29) is 24.4 Å². The summed E-state index contributed by atoms with van der Waals surface area (Å²) >= 11 is 0. The molecule has 2 bridgehead atoms. The Hall–Kier alpha value is -0.280. The summed E-state index contributed by atoms with van der Waals surface area (Å²) in [5.41, 5.74) is 0. The topological polar surface area (TPSA) is 41.1 Å². The largest absolute Gasteiger partial charge is 0.352 e. The van der Waals surface area contributed by atoms with Crippen LogP contribution in [0, 0.1) is 17.8 Å². The monoisotopic (exact) mass is 286 g/mol. The van der Waals surface area contributed by atoms with Gasteiger partial charge in [-0.15, -0.1) is 12.4 Å². The van der Waals surface area contributed by atoms with Gasteiger partial charge in [-0.1, -0.05) is 6.42 Å². The summed E-state index contributed by atoms with van der Waals surface area (Å²) in [6.07, 6.45) is 8.06. The molecule has 5 atom stereocenters. The van der Waals surface area contributed by atoms with Crippen LogP contribution in [-0.2, 0) is 4.79 Å². The van der Waals surface area contributed by atoms with E-state index in [0.717, 1.165) is 17.8 Å². The third-order valence-electron chi connectivity index (χ3n) is 5.26. The number of hydrogen-bond donors (Lipinski definition) is 2. The summed E-state index contributed by atoms with van der Waals surface area (Å²) in [6.45, 7) is 4.19. The van der Waals surface area contributed by atoms with Crippen LogP contribution < -0.4 is 10.6 Å². The van der Waals surface area contributed by atoms with E-state index in [9.17, 15) is 4.79 Å². The van der Waals surface area contributed by atoms with Gasteiger partial charge in [0.15, 0.2) is 0 Å². The molecule has 3 fully saturated rings. The first-order valence-corrected chi connectivity index (χ1v) is 7.70. The summed E-state index contributed by atoms with van der Waals surface area (Å²) in [7, 11) is 0. The second kappa shape index (κ2) is 6.01. The van der Waals surface area contributed by atoms with Crippen molar-refractivity contribution in [3.8, 4) is 0 Å². The van der Waals surface area contributed by atoms with Gasteiger partial charge in [-0.05, 0) is 63.7 Å². The van der Waals surface area contributed by atoms with E-state index in [1.165, 1.54) is 38.5 Å². The number of amides is 1. The maximum Gasteiger partial charge on any atom is 0.237 e. The van der Waals surface area contributed by atoms with Gasteiger partial charge in [-0.3, -0.25) is 4.79 Å². The van der Waals surface area contributed by atoms with E-state index in [1.54, 1.807) is 0 Å². The van der Waals surface area contributed by atoms with Crippen molar-refractivity contribution in [1.29, 1.82) is 0 Å². The molecule has 1 amide bonds. The number of carbonyl (C=O) groups excluding carboxylic acids is 1. The number of carbonyl (C=O) groups is 1. The van der Waals surface area contributed by atoms with Crippen LogP contribution in [0.15, 0.2) is 0 Å². The van der Waals surface area contributed by atoms with Crippen LogP contribution in [-0.4, -0.2) is 24.0 Å². The van der Waals surface area contributed by atoms with E-state index in [0.29, 0.717) is 12.1 Å². The van der Waals surface area contributed by atoms with Gasteiger partial charge in [0, 0.05) is 12.1 Å². The zero-order valence-corrected chi connectivity index (χ0v) is 12.8. The molecule has 3 saturated carbocycles. The maximum absolute atomic E-state index is 12.1. The zero-order chi connectivity index (χ0) is 12.7. The van der Waals surface area contributed by atoms with Crippen LogP contribution >= 0.6 is 12.4 Å². The average Bonchev–Trinajstić information content (AvgIpc) is 2.91. The molecule has 2 N–H and O–H groups in total. The zero-order valence-electron chi connectivity index (χ0n) is 12.0. The minimum absolute atomic E-state index is 0. The summed E-state index contributed by atoms with van der Waals surface area (Å²) < 4.78 is 0. The van der Waals surface area contributed by atoms with Gasteiger partial charge >= 0.3 is 0 Å². The summed E-state index contributed by atoms with van der Waals surface area (Å²) in [6, 6.07) is 0.929. The lowest BCUT2D eigenvalue weighted by Gasteiger charge is -2.29. The summed E-state index contributed by atoms with van der Waals surface area (Å²) in [5.74, 6) is 2.77. The highest BCUT2D eigenvalue weighted by molar-refractivity contribution is 5.85. The molecule has 0 heterocycles. The highest BCUT2D eigenvalue weighted by Gasteiger charge is 2.42. The van der Waals surface area contributed by atoms with Crippen LogP contribution in [0.25, 0.3) is 0 Å². The fraction of sp³-hybridized carbons (Fsp3) is 0.933. The Kier molecular flexibility index (Phi) is 4.78. The molecule has 0 aromatic carbocycles. The Bertz CT molecular complexity index is 332. The van der Waals surface area contributed by atoms with Gasteiger partial charge in [0.2, 0.25) is 5.91 Å². The predicted molar refractivity (Wildman–Crippen MR) is 79.4 cm³/mol. The van der Waals surface area contributed by atoms with Crippen LogP contribution in [0.1, 0.15) is 52.4 Å². The van der Waals surface area contributed by atoms with Crippen molar-refractivity contribution in [2.24, 2.45) is 17.8 Å². The fourth-order valence-corrected chi connectivity index (χ4v) is 4.04. The predicted octanol–water partition coefficient (Wildman–Crippen LogP) is 2.49. The van der Waals surface area contributed by atoms with E-state index in [1.807, 2.05) is 6.92 Å². The third kappa shape index (κ3) is 3.43. The lowest BCUT2D eigenvalue weighted by molar-refractivity contribution is -0.123. The molecule has 0 radical (unpaired) electrons. The van der Waals surface area contributed by atoms with E-state index in [4.69, 9.17) is 0 Å². The van der Waals surface area contributed by atoms with Crippen molar-refractivity contribution >= 4 is 18.3 Å². The van der Waals surface area contributed by atoms with Gasteiger partial charge in [-0.25, -0.2) is 0 Å². The molecule has 0 spiro atoms. The normalized spacial score (nSPS) is 35.6. The van der Waals surface area contributed by atoms with Crippen LogP contribution in [0.2, 0.25) is 0 Å². The average molecular weight is 287 g/mol. The quantitative estimate of drug-likeness (QED) is 0.815. The molecule has 3 aliphatic carbocycles. The van der Waals surface area contributed by atoms with Gasteiger partial charge in [-0.2, -0.15) is 0 Å². The van der Waals surface area contributed by atoms with Crippen molar-refractivity contribution in [2.75, 3.05) is 0 Å². The van der Waals surface area contributed by atoms with Gasteiger partial charge in [0.25, 0.3) is 0 Å². The van der Waals surface area contributed by atoms with Crippen LogP contribution in [0.4, 0.5) is 0 Å². The molecule has 0 aromatic rings. The van der Waals surface area contributed by atoms with E-state index in [2.05, 4.69) is 17.6 Å². The summed E-state index contributed by atoms with van der Waals surface area (Å²) in [5, 5.41) is 6.61. The molecule has 19 heavy (non-hydrogen) atoms. The molecule has 110 valence electrons. The Labute approximate surface area is 122 Å². The molecule has 0 aromatic heterocycles. The molecule has 0 aliphatic heterocycles. The van der Waals surface area contributed by atoms with Crippen molar-refractivity contribution in [3.63, 3.8) is 0 Å². The highest BCUT2D eigenvalue weighted by atomic mass is 35.5. The second-order valence-corrected chi connectivity index (χ2v) is 6.80. The highest BCUT2D eigenvalue weighted by Crippen LogP contribution is 2.49. The van der Waals surface area contributed by atoms with Gasteiger partial charge in [0.05, 0.1) is 6.04 Å². The van der Waals surface area contributed by atoms with Crippen LogP contribution in [0.5, 0.6) is 0 Å². The molecule has 3 nitrogen and oxygen atoms in total. The minimum atomic E-state index is -0.0291. The van der Waals surface area contributed by atoms with E-state index >= 15 is 0 Å². The minimum Gasteiger partial charge on any atom is -0.352 e. The van der Waals surface area contributed by atoms with Crippen LogP contribution in [0.3, 0.4) is 0 Å². The standard InChI is InChI=1S/C15H26N2O.ClH/c1-9(14-8-11-3-4-12(14)7-11)17-15(18)10(2)16-13-5-6-13;/h9-14,16H,3-8H2,1-2H3,(H,17,18);1H. The van der Waals surface area contributed by atoms with Crippen molar-refractivity contribution in [2.45, 2.75) is 70.5 Å². The molecule has 4 heteroatoms. The first kappa shape index (κ1) is 15.1. The first-order chi connectivity index (χ1) is 8.63. The molecular weight excluding hydrogens is 260 g/mol. The van der Waals surface area contributed by atoms with Gasteiger partial charge < -0.3 is 10.6 Å². The molecule has 3 aliphatic rings. The third-order valence-corrected chi connectivity index (χ3v) is 5.26. The van der Waals surface area contributed by atoms with E-state index < -0.39 is 0 Å². The Morgan fingerprint density at radius 1 is 1.11 bits per heavy atom. The molecule has 5 unspecified atom stereocenters. The molecule has 0 saturated heterocycles. The second-order valence-electron chi connectivity index (χ2n) is 6.80. The lowest BCUT2D eigenvalue weighted by atomic mass is 9.84. The number of halogens is 1.